The first-order valence-electron chi connectivity index (χ1n) is 4.62. The van der Waals surface area contributed by atoms with E-state index >= 15 is 0 Å². The molecule has 0 atom stereocenters. The highest BCUT2D eigenvalue weighted by molar-refractivity contribution is 8.00. The van der Waals surface area contributed by atoms with E-state index in [0.29, 0.717) is 0 Å². The van der Waals surface area contributed by atoms with Gasteiger partial charge in [0, 0.05) is 4.90 Å². The second kappa shape index (κ2) is 6.17. The predicted molar refractivity (Wildman–Crippen MR) is 60.5 cm³/mol. The Morgan fingerprint density at radius 1 is 1.44 bits per heavy atom. The topological polar surface area (TPSA) is 63.6 Å². The van der Waals surface area contributed by atoms with Crippen molar-refractivity contribution in [2.75, 3.05) is 12.9 Å². The first kappa shape index (κ1) is 12.6. The normalized spacial score (nSPS) is 9.81. The Balaban J connectivity index is 2.63. The molecule has 5 heteroatoms. The summed E-state index contributed by atoms with van der Waals surface area (Å²) in [5.41, 5.74) is 0.822. The Kier molecular flexibility index (Phi) is 4.85. The maximum Gasteiger partial charge on any atom is 0.313 e. The van der Waals surface area contributed by atoms with Crippen molar-refractivity contribution >= 4 is 23.7 Å². The molecule has 0 fully saturated rings. The van der Waals surface area contributed by atoms with E-state index in [1.807, 2.05) is 12.1 Å². The molecular formula is C11H12O4S. The van der Waals surface area contributed by atoms with E-state index in [4.69, 9.17) is 5.11 Å². The number of hydrogen-bond donors (Lipinski definition) is 1. The smallest absolute Gasteiger partial charge is 0.313 e. The summed E-state index contributed by atoms with van der Waals surface area (Å²) in [5, 5.41) is 8.53. The SMILES string of the molecule is COC(=O)Cc1cccc(SCC(=O)O)c1. The summed E-state index contributed by atoms with van der Waals surface area (Å²) in [4.78, 5) is 22.3. The van der Waals surface area contributed by atoms with Crippen LogP contribution in [0.25, 0.3) is 0 Å². The van der Waals surface area contributed by atoms with Gasteiger partial charge in [-0.3, -0.25) is 9.59 Å². The van der Waals surface area contributed by atoms with Gasteiger partial charge >= 0.3 is 11.9 Å². The quantitative estimate of drug-likeness (QED) is 0.625. The first-order valence-corrected chi connectivity index (χ1v) is 5.60. The molecule has 0 saturated heterocycles. The Bertz CT molecular complexity index is 389. The van der Waals surface area contributed by atoms with Gasteiger partial charge in [-0.1, -0.05) is 12.1 Å². The average molecular weight is 240 g/mol. The largest absolute Gasteiger partial charge is 0.481 e. The second-order valence-corrected chi connectivity index (χ2v) is 4.13. The molecule has 0 aliphatic rings. The van der Waals surface area contributed by atoms with Crippen molar-refractivity contribution in [2.45, 2.75) is 11.3 Å². The minimum absolute atomic E-state index is 0.0156. The lowest BCUT2D eigenvalue weighted by molar-refractivity contribution is -0.139. The van der Waals surface area contributed by atoms with E-state index in [2.05, 4.69) is 4.74 Å². The van der Waals surface area contributed by atoms with Gasteiger partial charge in [-0.05, 0) is 17.7 Å². The number of hydrogen-bond acceptors (Lipinski definition) is 4. The second-order valence-electron chi connectivity index (χ2n) is 3.08. The van der Waals surface area contributed by atoms with Crippen LogP contribution in [0.3, 0.4) is 0 Å². The number of carbonyl (C=O) groups is 2. The van der Waals surface area contributed by atoms with Crippen molar-refractivity contribution in [3.8, 4) is 0 Å². The van der Waals surface area contributed by atoms with Gasteiger partial charge in [0.15, 0.2) is 0 Å². The van der Waals surface area contributed by atoms with E-state index < -0.39 is 5.97 Å². The molecule has 0 heterocycles. The molecule has 1 rings (SSSR count). The minimum atomic E-state index is -0.858. The molecule has 0 saturated carbocycles. The summed E-state index contributed by atoms with van der Waals surface area (Å²) in [6.45, 7) is 0. The summed E-state index contributed by atoms with van der Waals surface area (Å²) in [5.74, 6) is -1.15. The number of ether oxygens (including phenoxy) is 1. The lowest BCUT2D eigenvalue weighted by atomic mass is 10.1. The van der Waals surface area contributed by atoms with Crippen LogP contribution in [-0.4, -0.2) is 29.9 Å². The molecule has 0 amide bonds. The fourth-order valence-electron chi connectivity index (χ4n) is 1.13. The number of methoxy groups -OCH3 is 1. The van der Waals surface area contributed by atoms with Crippen molar-refractivity contribution in [1.82, 2.24) is 0 Å². The standard InChI is InChI=1S/C11H12O4S/c1-15-11(14)6-8-3-2-4-9(5-8)16-7-10(12)13/h2-5H,6-7H2,1H3,(H,12,13). The van der Waals surface area contributed by atoms with Crippen molar-refractivity contribution < 1.29 is 19.4 Å². The number of benzene rings is 1. The molecule has 0 aliphatic heterocycles. The van der Waals surface area contributed by atoms with Crippen molar-refractivity contribution in [3.63, 3.8) is 0 Å². The average Bonchev–Trinajstić information content (AvgIpc) is 2.26. The molecular weight excluding hydrogens is 228 g/mol. The highest BCUT2D eigenvalue weighted by Crippen LogP contribution is 2.19. The lowest BCUT2D eigenvalue weighted by Crippen LogP contribution is -2.04. The minimum Gasteiger partial charge on any atom is -0.481 e. The number of carboxylic acids is 1. The van der Waals surface area contributed by atoms with E-state index in [1.54, 1.807) is 12.1 Å². The maximum atomic E-state index is 11.0. The van der Waals surface area contributed by atoms with E-state index in [1.165, 1.54) is 18.9 Å². The highest BCUT2D eigenvalue weighted by Gasteiger charge is 2.04. The molecule has 1 aromatic rings. The third-order valence-electron chi connectivity index (χ3n) is 1.84. The first-order chi connectivity index (χ1) is 7.61. The van der Waals surface area contributed by atoms with Gasteiger partial charge < -0.3 is 9.84 Å². The Morgan fingerprint density at radius 2 is 2.19 bits per heavy atom. The van der Waals surface area contributed by atoms with Crippen LogP contribution in [0.15, 0.2) is 29.2 Å². The molecule has 0 bridgehead atoms. The number of carbonyl (C=O) groups excluding carboxylic acids is 1. The molecule has 0 aromatic heterocycles. The van der Waals surface area contributed by atoms with Crippen LogP contribution in [0.1, 0.15) is 5.56 Å². The van der Waals surface area contributed by atoms with Crippen LogP contribution in [0.4, 0.5) is 0 Å². The summed E-state index contributed by atoms with van der Waals surface area (Å²) in [7, 11) is 1.34. The number of rotatable bonds is 5. The van der Waals surface area contributed by atoms with E-state index in [0.717, 1.165) is 10.5 Å². The molecule has 86 valence electrons. The van der Waals surface area contributed by atoms with Crippen LogP contribution < -0.4 is 0 Å². The zero-order chi connectivity index (χ0) is 12.0. The number of aliphatic carboxylic acids is 1. The monoisotopic (exact) mass is 240 g/mol. The molecule has 0 aliphatic carbocycles. The van der Waals surface area contributed by atoms with Gasteiger partial charge in [0.05, 0.1) is 19.3 Å². The third kappa shape index (κ3) is 4.35. The maximum absolute atomic E-state index is 11.0. The fraction of sp³-hybridized carbons (Fsp3) is 0.273. The fourth-order valence-corrected chi connectivity index (χ4v) is 1.83. The molecule has 1 N–H and O–H groups in total. The van der Waals surface area contributed by atoms with Gasteiger partial charge in [0.25, 0.3) is 0 Å². The molecule has 16 heavy (non-hydrogen) atoms. The third-order valence-corrected chi connectivity index (χ3v) is 2.82. The molecule has 0 spiro atoms. The zero-order valence-electron chi connectivity index (χ0n) is 8.80. The highest BCUT2D eigenvalue weighted by atomic mass is 32.2. The van der Waals surface area contributed by atoms with Crippen molar-refractivity contribution in [2.24, 2.45) is 0 Å². The van der Waals surface area contributed by atoms with Crippen LogP contribution in [-0.2, 0) is 20.7 Å². The Morgan fingerprint density at radius 3 is 2.81 bits per heavy atom. The molecule has 1 aromatic carbocycles. The van der Waals surface area contributed by atoms with Crippen molar-refractivity contribution in [3.05, 3.63) is 29.8 Å². The molecule has 4 nitrogen and oxygen atoms in total. The number of thioether (sulfide) groups is 1. The van der Waals surface area contributed by atoms with E-state index in [-0.39, 0.29) is 18.1 Å². The van der Waals surface area contributed by atoms with Crippen LogP contribution in [0.2, 0.25) is 0 Å². The predicted octanol–water partition coefficient (Wildman–Crippen LogP) is 1.58. The van der Waals surface area contributed by atoms with Crippen LogP contribution in [0.5, 0.6) is 0 Å². The summed E-state index contributed by atoms with van der Waals surface area (Å²) in [6, 6.07) is 7.21. The van der Waals surface area contributed by atoms with Gasteiger partial charge in [-0.15, -0.1) is 11.8 Å². The van der Waals surface area contributed by atoms with Crippen LogP contribution in [0, 0.1) is 0 Å². The number of esters is 1. The van der Waals surface area contributed by atoms with Crippen LogP contribution >= 0.6 is 11.8 Å². The Labute approximate surface area is 97.6 Å². The summed E-state index contributed by atoms with van der Waals surface area (Å²) in [6.07, 6.45) is 0.206. The van der Waals surface area contributed by atoms with Gasteiger partial charge in [0.1, 0.15) is 0 Å². The summed E-state index contributed by atoms with van der Waals surface area (Å²) >= 11 is 1.23. The number of carboxylic acid groups (broad SMARTS) is 1. The zero-order valence-corrected chi connectivity index (χ0v) is 9.62. The lowest BCUT2D eigenvalue weighted by Gasteiger charge is -2.03. The van der Waals surface area contributed by atoms with E-state index in [9.17, 15) is 9.59 Å². The van der Waals surface area contributed by atoms with Gasteiger partial charge in [-0.2, -0.15) is 0 Å². The molecule has 0 radical (unpaired) electrons. The molecule has 0 unspecified atom stereocenters. The van der Waals surface area contributed by atoms with Gasteiger partial charge in [0.2, 0.25) is 0 Å². The Hall–Kier alpha value is -1.49. The summed E-state index contributed by atoms with van der Waals surface area (Å²) < 4.78 is 4.55. The van der Waals surface area contributed by atoms with Gasteiger partial charge in [-0.25, -0.2) is 0 Å². The van der Waals surface area contributed by atoms with Crippen molar-refractivity contribution in [1.29, 1.82) is 0 Å².